The average Bonchev–Trinajstić information content (AvgIpc) is 2.03. The lowest BCUT2D eigenvalue weighted by Gasteiger charge is -2.03. The fraction of sp³-hybridized carbons (Fsp3) is 0. The molecule has 0 aliphatic carbocycles. The van der Waals surface area contributed by atoms with E-state index >= 15 is 0 Å². The summed E-state index contributed by atoms with van der Waals surface area (Å²) < 4.78 is 32.7. The van der Waals surface area contributed by atoms with E-state index in [1.165, 1.54) is 6.21 Å². The van der Waals surface area contributed by atoms with Crippen molar-refractivity contribution in [1.82, 2.24) is 0 Å². The monoisotopic (exact) mass is 205 g/mol. The SMILES string of the molecule is N=Cc1ccccc1.[O-][Cl+3]([O-])([O-])O. The molecule has 72 valence electrons. The van der Waals surface area contributed by atoms with Gasteiger partial charge in [-0.1, -0.05) is 30.3 Å². The van der Waals surface area contributed by atoms with Gasteiger partial charge < -0.3 is 5.41 Å². The lowest BCUT2D eigenvalue weighted by Crippen LogP contribution is -2.58. The summed E-state index contributed by atoms with van der Waals surface area (Å²) in [6.45, 7) is 0. The van der Waals surface area contributed by atoms with Crippen LogP contribution in [0.5, 0.6) is 0 Å². The molecule has 13 heavy (non-hydrogen) atoms. The number of hydrogen-bond donors (Lipinski definition) is 2. The smallest absolute Gasteiger partial charge is 0.0777 e. The Morgan fingerprint density at radius 3 is 1.77 bits per heavy atom. The van der Waals surface area contributed by atoms with Gasteiger partial charge in [0.1, 0.15) is 0 Å². The Morgan fingerprint density at radius 1 is 1.15 bits per heavy atom. The van der Waals surface area contributed by atoms with E-state index in [4.69, 9.17) is 24.0 Å². The quantitative estimate of drug-likeness (QED) is 0.496. The van der Waals surface area contributed by atoms with Crippen molar-refractivity contribution in [2.45, 2.75) is 0 Å². The van der Waals surface area contributed by atoms with E-state index < -0.39 is 10.2 Å². The highest BCUT2D eigenvalue weighted by molar-refractivity contribution is 5.76. The summed E-state index contributed by atoms with van der Waals surface area (Å²) >= 11 is 0. The molecule has 0 amide bonds. The van der Waals surface area contributed by atoms with E-state index in [9.17, 15) is 0 Å². The summed E-state index contributed by atoms with van der Waals surface area (Å²) in [6, 6.07) is 9.56. The van der Waals surface area contributed by atoms with E-state index in [0.29, 0.717) is 0 Å². The van der Waals surface area contributed by atoms with Crippen molar-refractivity contribution < 1.29 is 28.9 Å². The van der Waals surface area contributed by atoms with E-state index in [2.05, 4.69) is 0 Å². The second-order valence-corrected chi connectivity index (χ2v) is 2.74. The van der Waals surface area contributed by atoms with Crippen LogP contribution < -0.4 is 14.0 Å². The van der Waals surface area contributed by atoms with E-state index in [-0.39, 0.29) is 0 Å². The van der Waals surface area contributed by atoms with Crippen molar-refractivity contribution in [1.29, 1.82) is 5.41 Å². The Hall–Kier alpha value is -0.980. The molecule has 5 nitrogen and oxygen atoms in total. The third kappa shape index (κ3) is 11.0. The van der Waals surface area contributed by atoms with Gasteiger partial charge in [0.15, 0.2) is 0 Å². The highest BCUT2D eigenvalue weighted by atomic mass is 35.7. The van der Waals surface area contributed by atoms with E-state index in [0.717, 1.165) is 5.56 Å². The zero-order valence-corrected chi connectivity index (χ0v) is 7.27. The summed E-state index contributed by atoms with van der Waals surface area (Å²) in [5.41, 5.74) is 0.951. The third-order valence-corrected chi connectivity index (χ3v) is 0.966. The lowest BCUT2D eigenvalue weighted by atomic mass is 10.2. The number of benzene rings is 1. The largest absolute Gasteiger partial charge is 0.308 e. The van der Waals surface area contributed by atoms with Gasteiger partial charge in [-0.15, -0.1) is 0 Å². The third-order valence-electron chi connectivity index (χ3n) is 0.966. The summed E-state index contributed by atoms with van der Waals surface area (Å²) in [6.07, 6.45) is 1.33. The van der Waals surface area contributed by atoms with E-state index in [1.807, 2.05) is 30.3 Å². The fourth-order valence-corrected chi connectivity index (χ4v) is 0.549. The predicted octanol–water partition coefficient (Wildman–Crippen LogP) is -2.44. The Labute approximate surface area is 77.1 Å². The van der Waals surface area contributed by atoms with Gasteiger partial charge in [0.2, 0.25) is 0 Å². The van der Waals surface area contributed by atoms with Crippen molar-refractivity contribution in [3.8, 4) is 0 Å². The van der Waals surface area contributed by atoms with Crippen molar-refractivity contribution in [3.05, 3.63) is 35.9 Å². The van der Waals surface area contributed by atoms with Gasteiger partial charge in [-0.05, 0) is 5.56 Å². The molecule has 0 spiro atoms. The second-order valence-electron chi connectivity index (χ2n) is 1.95. The first-order valence-corrected chi connectivity index (χ1v) is 4.38. The lowest BCUT2D eigenvalue weighted by molar-refractivity contribution is -1.92. The van der Waals surface area contributed by atoms with Crippen LogP contribution in [-0.2, 0) is 0 Å². The summed E-state index contributed by atoms with van der Waals surface area (Å²) in [5.74, 6) is 0. The molecule has 1 aromatic carbocycles. The molecule has 0 radical (unpaired) electrons. The molecule has 0 saturated carbocycles. The summed E-state index contributed by atoms with van der Waals surface area (Å²) in [5, 5.41) is 6.82. The zero-order valence-electron chi connectivity index (χ0n) is 6.51. The van der Waals surface area contributed by atoms with Crippen LogP contribution in [0.4, 0.5) is 0 Å². The minimum Gasteiger partial charge on any atom is -0.308 e. The molecule has 0 aliphatic heterocycles. The predicted molar refractivity (Wildman–Crippen MR) is 36.5 cm³/mol. The van der Waals surface area contributed by atoms with Gasteiger partial charge >= 0.3 is 0 Å². The van der Waals surface area contributed by atoms with Gasteiger partial charge in [0.25, 0.3) is 0 Å². The molecule has 0 fully saturated rings. The van der Waals surface area contributed by atoms with Crippen LogP contribution >= 0.6 is 0 Å². The fourth-order valence-electron chi connectivity index (χ4n) is 0.549. The van der Waals surface area contributed by atoms with Gasteiger partial charge in [0.05, 0.1) is 14.9 Å². The highest BCUT2D eigenvalue weighted by Crippen LogP contribution is 1.91. The highest BCUT2D eigenvalue weighted by Gasteiger charge is 1.98. The topological polar surface area (TPSA) is 113 Å². The normalized spacial score (nSPS) is 9.85. The van der Waals surface area contributed by atoms with Crippen molar-refractivity contribution >= 4 is 6.21 Å². The molecule has 0 aliphatic rings. The van der Waals surface area contributed by atoms with Crippen LogP contribution in [0.3, 0.4) is 0 Å². The van der Waals surface area contributed by atoms with Crippen molar-refractivity contribution in [2.75, 3.05) is 0 Å². The molecular formula is C7H8ClNO4. The van der Waals surface area contributed by atoms with Crippen molar-refractivity contribution in [3.63, 3.8) is 0 Å². The van der Waals surface area contributed by atoms with Crippen LogP contribution in [0.1, 0.15) is 5.56 Å². The molecular weight excluding hydrogens is 198 g/mol. The number of rotatable bonds is 1. The van der Waals surface area contributed by atoms with Crippen LogP contribution in [0.25, 0.3) is 0 Å². The molecule has 1 aromatic rings. The minimum atomic E-state index is -4.69. The van der Waals surface area contributed by atoms with Crippen LogP contribution in [0.15, 0.2) is 30.3 Å². The summed E-state index contributed by atoms with van der Waals surface area (Å²) in [7, 11) is -4.69. The second kappa shape index (κ2) is 5.63. The standard InChI is InChI=1S/C7H7N.ClHO4/c8-6-7-4-2-1-3-5-7;2-1(3,4)5/h1-6,8H;(H,2,3,4,5). The number of halogens is 1. The maximum absolute atomic E-state index is 8.60. The van der Waals surface area contributed by atoms with Crippen molar-refractivity contribution in [2.24, 2.45) is 0 Å². The first-order chi connectivity index (χ1) is 5.93. The minimum absolute atomic E-state index is 0.951. The average molecular weight is 206 g/mol. The Kier molecular flexibility index (Phi) is 5.20. The Morgan fingerprint density at radius 2 is 1.54 bits per heavy atom. The van der Waals surface area contributed by atoms with Gasteiger partial charge in [-0.3, -0.25) is 0 Å². The first kappa shape index (κ1) is 12.0. The Bertz CT molecular complexity index is 240. The molecule has 0 bridgehead atoms. The zero-order chi connectivity index (χ0) is 10.3. The summed E-state index contributed by atoms with van der Waals surface area (Å²) in [4.78, 5) is 0. The van der Waals surface area contributed by atoms with Gasteiger partial charge in [0, 0.05) is 6.21 Å². The molecule has 1 rings (SSSR count). The maximum atomic E-state index is 8.60. The van der Waals surface area contributed by atoms with Gasteiger partial charge in [-0.25, -0.2) is 0 Å². The molecule has 0 saturated heterocycles. The molecule has 2 N–H and O–H groups in total. The maximum Gasteiger partial charge on any atom is 0.0777 e. The molecule has 0 heterocycles. The van der Waals surface area contributed by atoms with Crippen LogP contribution in [0, 0.1) is 15.7 Å². The number of nitrogens with one attached hydrogen (secondary N) is 1. The molecule has 6 heteroatoms. The van der Waals surface area contributed by atoms with Gasteiger partial charge in [-0.2, -0.15) is 14.0 Å². The van der Waals surface area contributed by atoms with E-state index in [1.54, 1.807) is 0 Å². The first-order valence-electron chi connectivity index (χ1n) is 3.12. The van der Waals surface area contributed by atoms with Crippen LogP contribution in [0.2, 0.25) is 0 Å². The molecule has 0 unspecified atom stereocenters. The molecule has 0 aromatic heterocycles. The molecule has 0 atom stereocenters. The Balaban J connectivity index is 0.000000252. The number of hydrogen-bond acceptors (Lipinski definition) is 5. The van der Waals surface area contributed by atoms with Crippen LogP contribution in [-0.4, -0.2) is 10.9 Å².